The zero-order valence-corrected chi connectivity index (χ0v) is 11.3. The molecule has 0 amide bonds. The number of halogens is 13. The van der Waals surface area contributed by atoms with E-state index in [4.69, 9.17) is 5.11 Å². The first-order valence-corrected chi connectivity index (χ1v) is 6.27. The zero-order chi connectivity index (χ0) is 21.1. The summed E-state index contributed by atoms with van der Waals surface area (Å²) < 4.78 is 183. The Bertz CT molecular complexity index is 650. The Hall–Kier alpha value is -1.33. The maximum Gasteiger partial charge on any atom is 0.442 e. The van der Waals surface area contributed by atoms with Crippen molar-refractivity contribution in [2.45, 2.75) is 34.8 Å². The molecule has 0 heterocycles. The summed E-state index contributed by atoms with van der Waals surface area (Å²) in [5.41, 5.74) is -7.58. The summed E-state index contributed by atoms with van der Waals surface area (Å²) in [6.07, 6.45) is -7.58. The minimum atomic E-state index is -8.21. The third-order valence-electron chi connectivity index (χ3n) is 2.60. The first kappa shape index (κ1) is 23.7. The topological polar surface area (TPSA) is 71.4 Å². The van der Waals surface area contributed by atoms with Gasteiger partial charge in [-0.1, -0.05) is 3.89 Å². The fourth-order valence-electron chi connectivity index (χ4n) is 1.19. The van der Waals surface area contributed by atoms with Crippen LogP contribution in [0.25, 0.3) is 0 Å². The van der Waals surface area contributed by atoms with Gasteiger partial charge in [0.05, 0.1) is 0 Å². The summed E-state index contributed by atoms with van der Waals surface area (Å²) >= 11 is 0. The van der Waals surface area contributed by atoms with Crippen molar-refractivity contribution in [2.24, 2.45) is 0 Å². The molecule has 0 aromatic rings. The van der Waals surface area contributed by atoms with Crippen molar-refractivity contribution < 1.29 is 74.9 Å². The first-order chi connectivity index (χ1) is 10.4. The second kappa shape index (κ2) is 5.58. The van der Waals surface area contributed by atoms with Crippen LogP contribution in [-0.4, -0.2) is 54.4 Å². The minimum absolute atomic E-state index is 4.92. The highest BCUT2D eigenvalue weighted by atomic mass is 32.3. The van der Waals surface area contributed by atoms with Gasteiger partial charge in [-0.05, 0) is 0 Å². The lowest BCUT2D eigenvalue weighted by Crippen LogP contribution is -2.75. The lowest BCUT2D eigenvalue weighted by Gasteiger charge is -2.41. The Balaban J connectivity index is 6.83. The van der Waals surface area contributed by atoms with Crippen molar-refractivity contribution in [1.82, 2.24) is 0 Å². The molecule has 150 valence electrons. The third-order valence-corrected chi connectivity index (χ3v) is 3.47. The summed E-state index contributed by atoms with van der Waals surface area (Å²) in [5, 5.41) is 0.388. The molecule has 2 atom stereocenters. The van der Waals surface area contributed by atoms with Gasteiger partial charge in [0.15, 0.2) is 0 Å². The second-order valence-corrected chi connectivity index (χ2v) is 5.54. The molecule has 0 saturated heterocycles. The Kier molecular flexibility index (Phi) is 5.29. The molecule has 0 aromatic carbocycles. The molecule has 0 radical (unpaired) electrons. The molecular weight excluding hydrogens is 427 g/mol. The Morgan fingerprint density at radius 1 is 0.760 bits per heavy atom. The van der Waals surface area contributed by atoms with Crippen molar-refractivity contribution in [3.05, 3.63) is 0 Å². The van der Waals surface area contributed by atoms with E-state index in [0.29, 0.717) is 0 Å². The quantitative estimate of drug-likeness (QED) is 0.522. The Morgan fingerprint density at radius 3 is 1.28 bits per heavy atom. The Morgan fingerprint density at radius 2 is 1.08 bits per heavy atom. The van der Waals surface area contributed by atoms with Crippen molar-refractivity contribution in [2.75, 3.05) is 0 Å². The maximum absolute atomic E-state index is 13.2. The average molecular weight is 428 g/mol. The summed E-state index contributed by atoms with van der Waals surface area (Å²) in [6, 6.07) is -4.92. The molecule has 1 N–H and O–H groups in total. The average Bonchev–Trinajstić information content (AvgIpc) is 2.33. The van der Waals surface area contributed by atoms with E-state index in [-0.39, 0.29) is 0 Å². The number of aliphatic hydroxyl groups is 1. The number of carbonyl (C=O) groups excluding carboxylic acids is 1. The van der Waals surface area contributed by atoms with E-state index in [0.717, 1.165) is 0 Å². The van der Waals surface area contributed by atoms with Crippen molar-refractivity contribution in [3.8, 4) is 0 Å². The van der Waals surface area contributed by atoms with E-state index in [9.17, 15) is 69.8 Å². The van der Waals surface area contributed by atoms with Gasteiger partial charge in [0.1, 0.15) is 0 Å². The van der Waals surface area contributed by atoms with Gasteiger partial charge in [-0.15, -0.1) is 0 Å². The lowest BCUT2D eigenvalue weighted by atomic mass is 9.87. The molecule has 25 heavy (non-hydrogen) atoms. The molecule has 0 spiro atoms. The van der Waals surface area contributed by atoms with Crippen molar-refractivity contribution >= 4 is 16.3 Å². The van der Waals surface area contributed by atoms with Crippen LogP contribution in [0, 0.1) is 0 Å². The van der Waals surface area contributed by atoms with Gasteiger partial charge in [0, 0.05) is 0 Å². The van der Waals surface area contributed by atoms with Crippen LogP contribution in [0.15, 0.2) is 0 Å². The van der Waals surface area contributed by atoms with Crippen LogP contribution in [0.2, 0.25) is 0 Å². The molecule has 0 saturated carbocycles. The second-order valence-electron chi connectivity index (χ2n) is 4.16. The van der Waals surface area contributed by atoms with E-state index in [1.165, 1.54) is 0 Å². The van der Waals surface area contributed by atoms with E-state index >= 15 is 0 Å². The molecule has 0 aromatic heterocycles. The van der Waals surface area contributed by atoms with Crippen LogP contribution in [0.4, 0.5) is 56.6 Å². The SMILES string of the molecule is O=C(F)C(F)(C(F)(F)F)C(O)(F)C(F)(F)C(F)(F)C(F)(F)S(=O)(=O)F. The van der Waals surface area contributed by atoms with Crippen LogP contribution in [-0.2, 0) is 15.0 Å². The fourth-order valence-corrected chi connectivity index (χ4v) is 1.62. The van der Waals surface area contributed by atoms with Crippen molar-refractivity contribution in [3.63, 3.8) is 0 Å². The standard InChI is InChI=1S/C7HF13O4S/c8-1(21)2(9,6(15,16)17)5(14,22)3(10,11)4(12,13)7(18,19)25(20,23)24/h22H. The van der Waals surface area contributed by atoms with Gasteiger partial charge in [0.25, 0.3) is 0 Å². The predicted octanol–water partition coefficient (Wildman–Crippen LogP) is 2.57. The predicted molar refractivity (Wildman–Crippen MR) is 46.9 cm³/mol. The minimum Gasteiger partial charge on any atom is -0.354 e. The fraction of sp³-hybridized carbons (Fsp3) is 0.857. The molecule has 0 bridgehead atoms. The van der Waals surface area contributed by atoms with Gasteiger partial charge in [0.2, 0.25) is 0 Å². The molecule has 0 rings (SSSR count). The van der Waals surface area contributed by atoms with Gasteiger partial charge >= 0.3 is 51.1 Å². The van der Waals surface area contributed by atoms with Crippen LogP contribution >= 0.6 is 0 Å². The number of alkyl halides is 11. The summed E-state index contributed by atoms with van der Waals surface area (Å²) in [6.45, 7) is 0. The number of rotatable bonds is 6. The monoisotopic (exact) mass is 428 g/mol. The van der Waals surface area contributed by atoms with E-state index in [1.807, 2.05) is 0 Å². The number of hydrogen-bond donors (Lipinski definition) is 1. The molecule has 0 aliphatic rings. The van der Waals surface area contributed by atoms with Crippen LogP contribution in [0.3, 0.4) is 0 Å². The highest BCUT2D eigenvalue weighted by Gasteiger charge is 2.92. The van der Waals surface area contributed by atoms with Crippen LogP contribution < -0.4 is 0 Å². The summed E-state index contributed by atoms with van der Waals surface area (Å²) in [4.78, 5) is 9.86. The highest BCUT2D eigenvalue weighted by molar-refractivity contribution is 7.87. The first-order valence-electron chi connectivity index (χ1n) is 4.89. The van der Waals surface area contributed by atoms with Gasteiger partial charge in [-0.3, -0.25) is 4.79 Å². The largest absolute Gasteiger partial charge is 0.442 e. The number of carbonyl (C=O) groups is 1. The number of hydrogen-bond acceptors (Lipinski definition) is 4. The highest BCUT2D eigenvalue weighted by Crippen LogP contribution is 2.59. The zero-order valence-electron chi connectivity index (χ0n) is 10.5. The van der Waals surface area contributed by atoms with E-state index in [1.54, 1.807) is 0 Å². The molecular formula is C7HF13O4S. The van der Waals surface area contributed by atoms with Gasteiger partial charge < -0.3 is 5.11 Å². The summed E-state index contributed by atoms with van der Waals surface area (Å²) in [7, 11) is -8.13. The molecule has 0 aliphatic heterocycles. The third kappa shape index (κ3) is 2.81. The molecule has 2 unspecified atom stereocenters. The molecule has 0 fully saturated rings. The summed E-state index contributed by atoms with van der Waals surface area (Å²) in [5.74, 6) is -24.2. The molecule has 4 nitrogen and oxygen atoms in total. The van der Waals surface area contributed by atoms with Crippen LogP contribution in [0.5, 0.6) is 0 Å². The lowest BCUT2D eigenvalue weighted by molar-refractivity contribution is -0.418. The van der Waals surface area contributed by atoms with Gasteiger partial charge in [-0.2, -0.15) is 52.3 Å². The molecule has 0 aliphatic carbocycles. The van der Waals surface area contributed by atoms with Crippen molar-refractivity contribution in [1.29, 1.82) is 0 Å². The maximum atomic E-state index is 13.2. The Labute approximate surface area is 127 Å². The van der Waals surface area contributed by atoms with E-state index < -0.39 is 51.1 Å². The van der Waals surface area contributed by atoms with E-state index in [2.05, 4.69) is 0 Å². The normalized spacial score (nSPS) is 19.9. The smallest absolute Gasteiger partial charge is 0.354 e. The molecule has 18 heteroatoms. The van der Waals surface area contributed by atoms with Gasteiger partial charge in [-0.25, -0.2) is 8.78 Å². The van der Waals surface area contributed by atoms with Crippen LogP contribution in [0.1, 0.15) is 0 Å².